The molecule has 1 amide bonds. The van der Waals surface area contributed by atoms with E-state index in [0.29, 0.717) is 17.1 Å². The summed E-state index contributed by atoms with van der Waals surface area (Å²) in [6.07, 6.45) is 3.66. The van der Waals surface area contributed by atoms with Crippen LogP contribution in [0.15, 0.2) is 46.9 Å². The number of benzene rings is 1. The van der Waals surface area contributed by atoms with Gasteiger partial charge in [0.15, 0.2) is 5.16 Å². The number of anilines is 1. The Hall–Kier alpha value is -2.38. The number of aromatic nitrogens is 2. The number of para-hydroxylation sites is 1. The fourth-order valence-electron chi connectivity index (χ4n) is 3.71. The summed E-state index contributed by atoms with van der Waals surface area (Å²) < 4.78 is 1.62. The molecule has 1 aromatic carbocycles. The molecule has 7 heteroatoms. The first-order valence-electron chi connectivity index (χ1n) is 9.63. The molecule has 0 atom stereocenters. The Kier molecular flexibility index (Phi) is 5.61. The number of fused-ring (bicyclic) bond motifs is 2. The second-order valence-corrected chi connectivity index (χ2v) is 9.27. The molecule has 150 valence electrons. The minimum Gasteiger partial charge on any atom is -0.311 e. The van der Waals surface area contributed by atoms with Crippen molar-refractivity contribution in [2.75, 3.05) is 17.2 Å². The number of rotatable bonds is 5. The van der Waals surface area contributed by atoms with Crippen LogP contribution in [0.5, 0.6) is 0 Å². The Balaban J connectivity index is 1.63. The molecule has 5 nitrogen and oxygen atoms in total. The van der Waals surface area contributed by atoms with Crippen LogP contribution in [0.3, 0.4) is 0 Å². The maximum atomic E-state index is 13.1. The maximum absolute atomic E-state index is 13.1. The highest BCUT2D eigenvalue weighted by Crippen LogP contribution is 2.30. The fraction of sp³-hybridized carbons (Fsp3) is 0.318. The third-order valence-corrected chi connectivity index (χ3v) is 7.36. The SMILES string of the molecule is C=CCn1c(SCC(=O)N2CCCc3ccccc32)nc2sc(C)c(C)c2c1=O. The third-order valence-electron chi connectivity index (χ3n) is 5.30. The molecule has 0 bridgehead atoms. The number of hydrogen-bond acceptors (Lipinski definition) is 5. The summed E-state index contributed by atoms with van der Waals surface area (Å²) in [6, 6.07) is 8.07. The molecule has 0 radical (unpaired) electrons. The van der Waals surface area contributed by atoms with Crippen LogP contribution in [-0.2, 0) is 17.8 Å². The smallest absolute Gasteiger partial charge is 0.263 e. The van der Waals surface area contributed by atoms with Crippen LogP contribution >= 0.6 is 23.1 Å². The van der Waals surface area contributed by atoms with E-state index in [-0.39, 0.29) is 17.2 Å². The van der Waals surface area contributed by atoms with Crippen molar-refractivity contribution in [2.45, 2.75) is 38.4 Å². The minimum atomic E-state index is -0.0602. The average molecular weight is 426 g/mol. The molecule has 0 N–H and O–H groups in total. The predicted octanol–water partition coefficient (Wildman–Crippen LogP) is 4.33. The quantitative estimate of drug-likeness (QED) is 0.347. The van der Waals surface area contributed by atoms with Gasteiger partial charge in [0.05, 0.1) is 11.1 Å². The van der Waals surface area contributed by atoms with Crippen LogP contribution in [0.1, 0.15) is 22.4 Å². The van der Waals surface area contributed by atoms with Crippen LogP contribution in [-0.4, -0.2) is 27.8 Å². The Labute approximate surface area is 178 Å². The first-order chi connectivity index (χ1) is 14.0. The van der Waals surface area contributed by atoms with Crippen molar-refractivity contribution in [2.24, 2.45) is 0 Å². The molecule has 1 aliphatic rings. The second-order valence-electron chi connectivity index (χ2n) is 7.13. The number of amides is 1. The first kappa shape index (κ1) is 19.9. The molecule has 2 aromatic heterocycles. The van der Waals surface area contributed by atoms with E-state index in [1.807, 2.05) is 36.9 Å². The summed E-state index contributed by atoms with van der Waals surface area (Å²) in [4.78, 5) is 34.5. The molecule has 0 unspecified atom stereocenters. The van der Waals surface area contributed by atoms with Crippen molar-refractivity contribution in [1.82, 2.24) is 9.55 Å². The summed E-state index contributed by atoms with van der Waals surface area (Å²) >= 11 is 2.86. The van der Waals surface area contributed by atoms with Gasteiger partial charge in [0, 0.05) is 23.7 Å². The van der Waals surface area contributed by atoms with Gasteiger partial charge >= 0.3 is 0 Å². The summed E-state index contributed by atoms with van der Waals surface area (Å²) in [5, 5.41) is 1.25. The molecular formula is C22H23N3O2S2. The van der Waals surface area contributed by atoms with Crippen molar-refractivity contribution < 1.29 is 4.79 Å². The standard InChI is InChI=1S/C22H23N3O2S2/c1-4-11-25-21(27)19-14(2)15(3)29-20(19)23-22(25)28-13-18(26)24-12-7-9-16-8-5-6-10-17(16)24/h4-6,8,10H,1,7,9,11-13H2,2-3H3. The number of thiophene rings is 1. The molecule has 4 rings (SSSR count). The van der Waals surface area contributed by atoms with E-state index in [4.69, 9.17) is 4.98 Å². The van der Waals surface area contributed by atoms with Crippen LogP contribution in [0, 0.1) is 13.8 Å². The minimum absolute atomic E-state index is 0.0418. The van der Waals surface area contributed by atoms with Crippen molar-refractivity contribution in [1.29, 1.82) is 0 Å². The largest absolute Gasteiger partial charge is 0.311 e. The van der Waals surface area contributed by atoms with E-state index in [1.54, 1.807) is 10.6 Å². The summed E-state index contributed by atoms with van der Waals surface area (Å²) in [5.41, 5.74) is 3.14. The van der Waals surface area contributed by atoms with Crippen molar-refractivity contribution in [3.8, 4) is 0 Å². The summed E-state index contributed by atoms with van der Waals surface area (Å²) in [7, 11) is 0. The fourth-order valence-corrected chi connectivity index (χ4v) is 5.66. The van der Waals surface area contributed by atoms with Crippen LogP contribution in [0.2, 0.25) is 0 Å². The van der Waals surface area contributed by atoms with Gasteiger partial charge in [-0.2, -0.15) is 0 Å². The number of nitrogens with zero attached hydrogens (tertiary/aromatic N) is 3. The van der Waals surface area contributed by atoms with Crippen LogP contribution in [0.4, 0.5) is 5.69 Å². The average Bonchev–Trinajstić information content (AvgIpc) is 3.02. The summed E-state index contributed by atoms with van der Waals surface area (Å²) in [5.74, 6) is 0.285. The molecule has 1 aliphatic heterocycles. The molecule has 29 heavy (non-hydrogen) atoms. The lowest BCUT2D eigenvalue weighted by atomic mass is 10.0. The lowest BCUT2D eigenvalue weighted by Gasteiger charge is -2.29. The molecular weight excluding hydrogens is 402 g/mol. The van der Waals surface area contributed by atoms with Crippen LogP contribution < -0.4 is 10.5 Å². The van der Waals surface area contributed by atoms with Crippen LogP contribution in [0.25, 0.3) is 10.2 Å². The van der Waals surface area contributed by atoms with E-state index in [9.17, 15) is 9.59 Å². The van der Waals surface area contributed by atoms with E-state index >= 15 is 0 Å². The number of hydrogen-bond donors (Lipinski definition) is 0. The summed E-state index contributed by atoms with van der Waals surface area (Å²) in [6.45, 7) is 8.83. The highest BCUT2D eigenvalue weighted by atomic mass is 32.2. The van der Waals surface area contributed by atoms with Gasteiger partial charge in [-0.3, -0.25) is 14.2 Å². The van der Waals surface area contributed by atoms with E-state index in [2.05, 4.69) is 12.6 Å². The van der Waals surface area contributed by atoms with Crippen molar-refractivity contribution >= 4 is 44.9 Å². The topological polar surface area (TPSA) is 55.2 Å². The van der Waals surface area contributed by atoms with Gasteiger partial charge in [0.2, 0.25) is 5.91 Å². The molecule has 0 spiro atoms. The zero-order chi connectivity index (χ0) is 20.5. The third kappa shape index (κ3) is 3.65. The Morgan fingerprint density at radius 3 is 2.93 bits per heavy atom. The van der Waals surface area contributed by atoms with Gasteiger partial charge in [-0.05, 0) is 43.9 Å². The van der Waals surface area contributed by atoms with Gasteiger partial charge in [-0.1, -0.05) is 36.0 Å². The van der Waals surface area contributed by atoms with E-state index < -0.39 is 0 Å². The highest BCUT2D eigenvalue weighted by molar-refractivity contribution is 7.99. The monoisotopic (exact) mass is 425 g/mol. The molecule has 3 heterocycles. The molecule has 0 aliphatic carbocycles. The normalized spacial score (nSPS) is 13.5. The highest BCUT2D eigenvalue weighted by Gasteiger charge is 2.23. The number of thioether (sulfide) groups is 1. The van der Waals surface area contributed by atoms with Gasteiger partial charge in [-0.25, -0.2) is 4.98 Å². The zero-order valence-electron chi connectivity index (χ0n) is 16.6. The Morgan fingerprint density at radius 1 is 1.34 bits per heavy atom. The van der Waals surface area contributed by atoms with Gasteiger partial charge in [0.1, 0.15) is 4.83 Å². The molecule has 0 saturated heterocycles. The van der Waals surface area contributed by atoms with Gasteiger partial charge in [-0.15, -0.1) is 17.9 Å². The maximum Gasteiger partial charge on any atom is 0.263 e. The lowest BCUT2D eigenvalue weighted by molar-refractivity contribution is -0.116. The van der Waals surface area contributed by atoms with E-state index in [0.717, 1.165) is 40.3 Å². The second kappa shape index (κ2) is 8.16. The van der Waals surface area contributed by atoms with Crippen molar-refractivity contribution in [3.63, 3.8) is 0 Å². The molecule has 3 aromatic rings. The molecule has 0 fully saturated rings. The Bertz CT molecular complexity index is 1160. The number of aryl methyl sites for hydroxylation is 3. The zero-order valence-corrected chi connectivity index (χ0v) is 18.2. The number of allylic oxidation sites excluding steroid dienone is 1. The van der Waals surface area contributed by atoms with Gasteiger partial charge < -0.3 is 4.90 Å². The molecule has 0 saturated carbocycles. The van der Waals surface area contributed by atoms with E-state index in [1.165, 1.54) is 28.7 Å². The number of carbonyl (C=O) groups excluding carboxylic acids is 1. The number of carbonyl (C=O) groups is 1. The first-order valence-corrected chi connectivity index (χ1v) is 11.4. The van der Waals surface area contributed by atoms with Gasteiger partial charge in [0.25, 0.3) is 5.56 Å². The lowest BCUT2D eigenvalue weighted by Crippen LogP contribution is -2.36. The van der Waals surface area contributed by atoms with Crippen molar-refractivity contribution in [3.05, 3.63) is 63.3 Å². The Morgan fingerprint density at radius 2 is 2.14 bits per heavy atom. The predicted molar refractivity (Wildman–Crippen MR) is 121 cm³/mol.